The van der Waals surface area contributed by atoms with E-state index in [0.29, 0.717) is 21.4 Å². The molecular formula is C15H11BrFN3O. The molecule has 106 valence electrons. The van der Waals surface area contributed by atoms with Crippen LogP contribution in [0.25, 0.3) is 10.9 Å². The van der Waals surface area contributed by atoms with Crippen molar-refractivity contribution >= 4 is 44.1 Å². The Morgan fingerprint density at radius 1 is 1.24 bits per heavy atom. The zero-order valence-corrected chi connectivity index (χ0v) is 12.4. The molecule has 0 radical (unpaired) electrons. The van der Waals surface area contributed by atoms with Gasteiger partial charge in [0.1, 0.15) is 5.82 Å². The Balaban J connectivity index is 1.95. The van der Waals surface area contributed by atoms with Gasteiger partial charge in [-0.3, -0.25) is 4.79 Å². The lowest BCUT2D eigenvalue weighted by Crippen LogP contribution is -2.11. The molecule has 0 unspecified atom stereocenters. The first-order valence-electron chi connectivity index (χ1n) is 6.17. The maximum absolute atomic E-state index is 13.0. The largest absolute Gasteiger partial charge is 0.399 e. The van der Waals surface area contributed by atoms with Crippen LogP contribution in [0.3, 0.4) is 0 Å². The van der Waals surface area contributed by atoms with Crippen LogP contribution in [0.5, 0.6) is 0 Å². The van der Waals surface area contributed by atoms with Gasteiger partial charge in [0.05, 0.1) is 11.3 Å². The first kappa shape index (κ1) is 13.6. The van der Waals surface area contributed by atoms with Crippen LogP contribution >= 0.6 is 15.9 Å². The lowest BCUT2D eigenvalue weighted by Gasteiger charge is -2.07. The first-order chi connectivity index (χ1) is 10.0. The minimum absolute atomic E-state index is 0.292. The summed E-state index contributed by atoms with van der Waals surface area (Å²) in [7, 11) is 0. The third-order valence-corrected chi connectivity index (χ3v) is 3.79. The molecule has 21 heavy (non-hydrogen) atoms. The number of nitrogens with one attached hydrogen (secondary N) is 2. The molecule has 0 atom stereocenters. The zero-order chi connectivity index (χ0) is 15.0. The van der Waals surface area contributed by atoms with E-state index >= 15 is 0 Å². The molecule has 0 fully saturated rings. The Morgan fingerprint density at radius 3 is 2.81 bits per heavy atom. The van der Waals surface area contributed by atoms with Crippen LogP contribution in [0.1, 0.15) is 10.4 Å². The predicted octanol–water partition coefficient (Wildman–Crippen LogP) is 3.90. The lowest BCUT2D eigenvalue weighted by atomic mass is 10.1. The van der Waals surface area contributed by atoms with Gasteiger partial charge >= 0.3 is 0 Å². The monoisotopic (exact) mass is 347 g/mol. The molecule has 0 aliphatic heterocycles. The van der Waals surface area contributed by atoms with Crippen molar-refractivity contribution in [3.8, 4) is 0 Å². The summed E-state index contributed by atoms with van der Waals surface area (Å²) in [6.45, 7) is 0. The number of hydrogen-bond donors (Lipinski definition) is 3. The Labute approximate surface area is 128 Å². The molecule has 0 saturated heterocycles. The molecule has 4 N–H and O–H groups in total. The molecule has 1 heterocycles. The normalized spacial score (nSPS) is 10.8. The van der Waals surface area contributed by atoms with Crippen molar-refractivity contribution in [1.82, 2.24) is 4.98 Å². The van der Waals surface area contributed by atoms with E-state index in [-0.39, 0.29) is 11.7 Å². The Bertz CT molecular complexity index is 844. The Hall–Kier alpha value is -2.34. The fraction of sp³-hybridized carbons (Fsp3) is 0. The van der Waals surface area contributed by atoms with E-state index in [0.717, 1.165) is 10.9 Å². The third kappa shape index (κ3) is 2.62. The van der Waals surface area contributed by atoms with Gasteiger partial charge in [-0.25, -0.2) is 4.39 Å². The van der Waals surface area contributed by atoms with Crippen LogP contribution in [-0.2, 0) is 0 Å². The number of carbonyl (C=O) groups is 1. The molecule has 1 aromatic heterocycles. The molecule has 4 nitrogen and oxygen atoms in total. The molecular weight excluding hydrogens is 337 g/mol. The van der Waals surface area contributed by atoms with E-state index in [4.69, 9.17) is 5.73 Å². The fourth-order valence-electron chi connectivity index (χ4n) is 2.11. The molecule has 2 aromatic carbocycles. The summed E-state index contributed by atoms with van der Waals surface area (Å²) in [6, 6.07) is 9.39. The molecule has 3 rings (SSSR count). The van der Waals surface area contributed by atoms with Crippen molar-refractivity contribution in [3.63, 3.8) is 0 Å². The molecule has 0 aliphatic carbocycles. The second kappa shape index (κ2) is 5.21. The molecule has 6 heteroatoms. The quantitative estimate of drug-likeness (QED) is 0.615. The number of anilines is 2. The molecule has 0 bridgehead atoms. The fourth-order valence-corrected chi connectivity index (χ4v) is 2.56. The van der Waals surface area contributed by atoms with Crippen LogP contribution in [0.15, 0.2) is 47.1 Å². The smallest absolute Gasteiger partial charge is 0.257 e. The van der Waals surface area contributed by atoms with E-state index < -0.39 is 0 Å². The molecule has 0 saturated carbocycles. The van der Waals surface area contributed by atoms with Gasteiger partial charge < -0.3 is 16.0 Å². The number of aromatic nitrogens is 1. The number of hydrogen-bond acceptors (Lipinski definition) is 2. The SMILES string of the molecule is Nc1ccc2[nH]cc(C(=O)Nc3ccc(F)cc3Br)c2c1. The first-order valence-corrected chi connectivity index (χ1v) is 6.97. The van der Waals surface area contributed by atoms with Crippen LogP contribution < -0.4 is 11.1 Å². The summed E-state index contributed by atoms with van der Waals surface area (Å²) in [6.07, 6.45) is 1.62. The molecule has 3 aromatic rings. The van der Waals surface area contributed by atoms with Gasteiger partial charge in [-0.1, -0.05) is 0 Å². The van der Waals surface area contributed by atoms with Gasteiger partial charge in [0.2, 0.25) is 0 Å². The van der Waals surface area contributed by atoms with E-state index in [1.165, 1.54) is 18.2 Å². The summed E-state index contributed by atoms with van der Waals surface area (Å²) in [4.78, 5) is 15.4. The van der Waals surface area contributed by atoms with E-state index in [1.54, 1.807) is 18.3 Å². The van der Waals surface area contributed by atoms with Gasteiger partial charge in [-0.2, -0.15) is 0 Å². The number of fused-ring (bicyclic) bond motifs is 1. The molecule has 1 amide bonds. The van der Waals surface area contributed by atoms with Crippen molar-refractivity contribution in [2.24, 2.45) is 0 Å². The maximum atomic E-state index is 13.0. The summed E-state index contributed by atoms with van der Waals surface area (Å²) < 4.78 is 13.5. The number of carbonyl (C=O) groups excluding carboxylic acids is 1. The average molecular weight is 348 g/mol. The highest BCUT2D eigenvalue weighted by molar-refractivity contribution is 9.10. The average Bonchev–Trinajstić information content (AvgIpc) is 2.85. The van der Waals surface area contributed by atoms with Gasteiger partial charge in [-0.05, 0) is 52.3 Å². The highest BCUT2D eigenvalue weighted by atomic mass is 79.9. The summed E-state index contributed by atoms with van der Waals surface area (Å²) in [5.74, 6) is -0.668. The number of nitrogens with two attached hydrogens (primary N) is 1. The minimum Gasteiger partial charge on any atom is -0.399 e. The van der Waals surface area contributed by atoms with Crippen molar-refractivity contribution < 1.29 is 9.18 Å². The van der Waals surface area contributed by atoms with Crippen LogP contribution in [-0.4, -0.2) is 10.9 Å². The number of H-pyrrole nitrogens is 1. The van der Waals surface area contributed by atoms with Gasteiger partial charge in [-0.15, -0.1) is 0 Å². The molecule has 0 spiro atoms. The highest BCUT2D eigenvalue weighted by Crippen LogP contribution is 2.26. The van der Waals surface area contributed by atoms with Crippen LogP contribution in [0.4, 0.5) is 15.8 Å². The van der Waals surface area contributed by atoms with Crippen LogP contribution in [0.2, 0.25) is 0 Å². The number of benzene rings is 2. The summed E-state index contributed by atoms with van der Waals surface area (Å²) >= 11 is 3.22. The van der Waals surface area contributed by atoms with Crippen molar-refractivity contribution in [1.29, 1.82) is 0 Å². The van der Waals surface area contributed by atoms with E-state index in [1.807, 2.05) is 6.07 Å². The van der Waals surface area contributed by atoms with E-state index in [9.17, 15) is 9.18 Å². The Morgan fingerprint density at radius 2 is 2.05 bits per heavy atom. The molecule has 0 aliphatic rings. The second-order valence-corrected chi connectivity index (χ2v) is 5.44. The van der Waals surface area contributed by atoms with Crippen molar-refractivity contribution in [3.05, 3.63) is 58.4 Å². The summed E-state index contributed by atoms with van der Waals surface area (Å²) in [5.41, 5.74) is 8.14. The van der Waals surface area contributed by atoms with E-state index in [2.05, 4.69) is 26.2 Å². The third-order valence-electron chi connectivity index (χ3n) is 3.13. The number of rotatable bonds is 2. The summed E-state index contributed by atoms with van der Waals surface area (Å²) in [5, 5.41) is 3.48. The van der Waals surface area contributed by atoms with Crippen LogP contribution in [0, 0.1) is 5.82 Å². The number of nitrogen functional groups attached to an aromatic ring is 1. The topological polar surface area (TPSA) is 70.9 Å². The second-order valence-electron chi connectivity index (χ2n) is 4.59. The predicted molar refractivity (Wildman–Crippen MR) is 84.8 cm³/mol. The Kier molecular flexibility index (Phi) is 3.39. The lowest BCUT2D eigenvalue weighted by molar-refractivity contribution is 0.102. The standard InChI is InChI=1S/C15H11BrFN3O/c16-12-5-8(17)1-3-14(12)20-15(21)11-7-19-13-4-2-9(18)6-10(11)13/h1-7,19H,18H2,(H,20,21). The van der Waals surface area contributed by atoms with Crippen molar-refractivity contribution in [2.75, 3.05) is 11.1 Å². The van der Waals surface area contributed by atoms with Gasteiger partial charge in [0, 0.05) is 27.3 Å². The number of aromatic amines is 1. The minimum atomic E-state index is -0.375. The number of halogens is 2. The van der Waals surface area contributed by atoms with Crippen molar-refractivity contribution in [2.45, 2.75) is 0 Å². The van der Waals surface area contributed by atoms with Gasteiger partial charge in [0.15, 0.2) is 0 Å². The maximum Gasteiger partial charge on any atom is 0.257 e. The van der Waals surface area contributed by atoms with Gasteiger partial charge in [0.25, 0.3) is 5.91 Å². The zero-order valence-electron chi connectivity index (χ0n) is 10.8. The highest BCUT2D eigenvalue weighted by Gasteiger charge is 2.13. The number of amides is 1.